The maximum atomic E-state index is 11.1. The zero-order valence-corrected chi connectivity index (χ0v) is 13.3. The fourth-order valence-corrected chi connectivity index (χ4v) is 3.08. The lowest BCUT2D eigenvalue weighted by Crippen LogP contribution is -2.55. The fourth-order valence-electron chi connectivity index (χ4n) is 2.31. The van der Waals surface area contributed by atoms with Crippen LogP contribution in [0, 0.1) is 15.5 Å². The summed E-state index contributed by atoms with van der Waals surface area (Å²) in [6, 6.07) is 2.60. The van der Waals surface area contributed by atoms with Crippen molar-refractivity contribution in [1.82, 2.24) is 0 Å². The zero-order chi connectivity index (χ0) is 15.1. The molecule has 0 bridgehead atoms. The van der Waals surface area contributed by atoms with E-state index in [9.17, 15) is 10.1 Å². The first-order valence-electron chi connectivity index (χ1n) is 6.23. The third kappa shape index (κ3) is 2.57. The van der Waals surface area contributed by atoms with Gasteiger partial charge in [-0.25, -0.2) is 0 Å². The van der Waals surface area contributed by atoms with E-state index in [0.717, 1.165) is 6.42 Å². The third-order valence-electron chi connectivity index (χ3n) is 4.10. The predicted molar refractivity (Wildman–Crippen MR) is 80.2 cm³/mol. The van der Waals surface area contributed by atoms with Crippen molar-refractivity contribution in [2.45, 2.75) is 38.2 Å². The molecule has 0 radical (unpaired) electrons. The van der Waals surface area contributed by atoms with Crippen LogP contribution in [-0.4, -0.2) is 16.4 Å². The van der Waals surface area contributed by atoms with Crippen molar-refractivity contribution in [2.75, 3.05) is 0 Å². The molecule has 1 aliphatic carbocycles. The van der Waals surface area contributed by atoms with Crippen LogP contribution in [0.3, 0.4) is 0 Å². The number of nitro benzene ring substituents is 1. The summed E-state index contributed by atoms with van der Waals surface area (Å²) in [7, 11) is 0. The first-order valence-corrected chi connectivity index (χ1v) is 7.43. The Hall–Kier alpha value is -0.710. The zero-order valence-electron chi connectivity index (χ0n) is 11.0. The number of nitro groups is 1. The second-order valence-electron chi connectivity index (χ2n) is 5.16. The van der Waals surface area contributed by atoms with Gasteiger partial charge in [-0.15, -0.1) is 11.6 Å². The van der Waals surface area contributed by atoms with Gasteiger partial charge in [0.15, 0.2) is 5.75 Å². The fraction of sp³-hybridized carbons (Fsp3) is 0.538. The molecule has 20 heavy (non-hydrogen) atoms. The lowest BCUT2D eigenvalue weighted by molar-refractivity contribution is -0.386. The number of benzene rings is 1. The monoisotopic (exact) mass is 337 g/mol. The molecule has 1 aliphatic rings. The molecule has 110 valence electrons. The van der Waals surface area contributed by atoms with Gasteiger partial charge < -0.3 is 4.74 Å². The van der Waals surface area contributed by atoms with E-state index in [1.165, 1.54) is 12.1 Å². The topological polar surface area (TPSA) is 52.4 Å². The second-order valence-corrected chi connectivity index (χ2v) is 6.50. The number of hydrogen-bond donors (Lipinski definition) is 0. The van der Waals surface area contributed by atoms with E-state index in [-0.39, 0.29) is 38.4 Å². The Balaban J connectivity index is 2.30. The van der Waals surface area contributed by atoms with Gasteiger partial charge in [0.1, 0.15) is 6.10 Å². The summed E-state index contributed by atoms with van der Waals surface area (Å²) in [5.41, 5.74) is -0.377. The number of hydrogen-bond acceptors (Lipinski definition) is 3. The molecule has 1 aromatic rings. The molecule has 0 amide bonds. The molecule has 0 aliphatic heterocycles. The Labute approximate surface area is 132 Å². The maximum Gasteiger partial charge on any atom is 0.312 e. The summed E-state index contributed by atoms with van der Waals surface area (Å²) in [6.07, 6.45) is 1.33. The van der Waals surface area contributed by atoms with E-state index in [2.05, 4.69) is 0 Å². The molecule has 0 saturated heterocycles. The molecule has 1 aromatic carbocycles. The van der Waals surface area contributed by atoms with Crippen LogP contribution in [0.4, 0.5) is 5.69 Å². The van der Waals surface area contributed by atoms with Crippen molar-refractivity contribution < 1.29 is 9.66 Å². The largest absolute Gasteiger partial charge is 0.483 e. The lowest BCUT2D eigenvalue weighted by Gasteiger charge is -2.50. The Kier molecular flexibility index (Phi) is 4.38. The summed E-state index contributed by atoms with van der Waals surface area (Å²) in [4.78, 5) is 10.5. The van der Waals surface area contributed by atoms with Gasteiger partial charge in [-0.05, 0) is 6.42 Å². The first-order chi connectivity index (χ1) is 9.29. The number of alkyl halides is 1. The summed E-state index contributed by atoms with van der Waals surface area (Å²) in [5.74, 6) is 0.137. The van der Waals surface area contributed by atoms with Crippen LogP contribution in [0.25, 0.3) is 0 Å². The molecule has 3 atom stereocenters. The number of nitrogens with zero attached hydrogens (tertiary/aromatic N) is 1. The Morgan fingerprint density at radius 3 is 2.55 bits per heavy atom. The van der Waals surface area contributed by atoms with Gasteiger partial charge in [0.25, 0.3) is 0 Å². The van der Waals surface area contributed by atoms with Crippen molar-refractivity contribution in [1.29, 1.82) is 0 Å². The maximum absolute atomic E-state index is 11.1. The quantitative estimate of drug-likeness (QED) is 0.437. The van der Waals surface area contributed by atoms with Crippen molar-refractivity contribution in [3.05, 3.63) is 32.3 Å². The highest BCUT2D eigenvalue weighted by atomic mass is 35.5. The van der Waals surface area contributed by atoms with Crippen LogP contribution in [0.1, 0.15) is 26.7 Å². The minimum atomic E-state index is -0.530. The van der Waals surface area contributed by atoms with Crippen LogP contribution in [0.15, 0.2) is 12.1 Å². The minimum absolute atomic E-state index is 0.0133. The Bertz CT molecular complexity index is 552. The molecule has 0 N–H and O–H groups in total. The number of halogens is 3. The van der Waals surface area contributed by atoms with Gasteiger partial charge in [0, 0.05) is 29.3 Å². The van der Waals surface area contributed by atoms with Gasteiger partial charge in [-0.2, -0.15) is 0 Å². The van der Waals surface area contributed by atoms with E-state index >= 15 is 0 Å². The molecule has 0 heterocycles. The van der Waals surface area contributed by atoms with Crippen LogP contribution < -0.4 is 4.74 Å². The van der Waals surface area contributed by atoms with Gasteiger partial charge in [0.2, 0.25) is 0 Å². The molecule has 1 saturated carbocycles. The van der Waals surface area contributed by atoms with Crippen molar-refractivity contribution in [3.8, 4) is 5.75 Å². The van der Waals surface area contributed by atoms with Crippen molar-refractivity contribution in [3.63, 3.8) is 0 Å². The van der Waals surface area contributed by atoms with Crippen LogP contribution in [0.2, 0.25) is 10.0 Å². The smallest absolute Gasteiger partial charge is 0.312 e. The summed E-state index contributed by atoms with van der Waals surface area (Å²) in [6.45, 7) is 4.04. The summed E-state index contributed by atoms with van der Waals surface area (Å²) < 4.78 is 5.79. The van der Waals surface area contributed by atoms with E-state index in [1.807, 2.05) is 13.8 Å². The van der Waals surface area contributed by atoms with Crippen molar-refractivity contribution >= 4 is 40.5 Å². The molecule has 1 fully saturated rings. The van der Waals surface area contributed by atoms with Gasteiger partial charge >= 0.3 is 5.69 Å². The first kappa shape index (κ1) is 15.7. The SMILES string of the molecule is CCC1(C)C(Cl)CC1Oc1cc(Cl)c(Cl)cc1[N+](=O)[O-]. The van der Waals surface area contributed by atoms with E-state index < -0.39 is 4.92 Å². The molecule has 0 spiro atoms. The Morgan fingerprint density at radius 1 is 1.45 bits per heavy atom. The highest BCUT2D eigenvalue weighted by molar-refractivity contribution is 6.42. The molecular formula is C13H14Cl3NO3. The average Bonchev–Trinajstić information content (AvgIpc) is 2.40. The number of rotatable bonds is 4. The molecule has 0 aromatic heterocycles. The standard InChI is InChI=1S/C13H14Cl3NO3/c1-3-13(2)11(16)6-12(13)20-10-5-8(15)7(14)4-9(10)17(18)19/h4-5,11-12H,3,6H2,1-2H3. The van der Waals surface area contributed by atoms with Gasteiger partial charge in [-0.3, -0.25) is 10.1 Å². The summed E-state index contributed by atoms with van der Waals surface area (Å²) in [5, 5.41) is 11.4. The Morgan fingerprint density at radius 2 is 2.05 bits per heavy atom. The third-order valence-corrected chi connectivity index (χ3v) is 5.50. The van der Waals surface area contributed by atoms with Gasteiger partial charge in [0.05, 0.1) is 15.0 Å². The van der Waals surface area contributed by atoms with Crippen LogP contribution in [-0.2, 0) is 0 Å². The highest BCUT2D eigenvalue weighted by Crippen LogP contribution is 2.50. The average molecular weight is 339 g/mol. The van der Waals surface area contributed by atoms with E-state index in [1.54, 1.807) is 0 Å². The molecule has 3 unspecified atom stereocenters. The molecular weight excluding hydrogens is 325 g/mol. The lowest BCUT2D eigenvalue weighted by atomic mass is 9.65. The summed E-state index contributed by atoms with van der Waals surface area (Å²) >= 11 is 17.9. The number of ether oxygens (including phenoxy) is 1. The molecule has 2 rings (SSSR count). The minimum Gasteiger partial charge on any atom is -0.483 e. The van der Waals surface area contributed by atoms with E-state index in [4.69, 9.17) is 39.5 Å². The predicted octanol–water partition coefficient (Wildman–Crippen LogP) is 5.08. The van der Waals surface area contributed by atoms with Gasteiger partial charge in [-0.1, -0.05) is 37.0 Å². The molecule has 4 nitrogen and oxygen atoms in total. The van der Waals surface area contributed by atoms with E-state index in [0.29, 0.717) is 6.42 Å². The highest BCUT2D eigenvalue weighted by Gasteiger charge is 2.51. The second kappa shape index (κ2) is 5.58. The van der Waals surface area contributed by atoms with Crippen molar-refractivity contribution in [2.24, 2.45) is 5.41 Å². The van der Waals surface area contributed by atoms with Crippen LogP contribution >= 0.6 is 34.8 Å². The molecule has 7 heteroatoms. The van der Waals surface area contributed by atoms with Crippen LogP contribution in [0.5, 0.6) is 5.75 Å². The normalized spacial score (nSPS) is 28.9.